The smallest absolute Gasteiger partial charge is 0.412 e. The quantitative estimate of drug-likeness (QED) is 0.131. The van der Waals surface area contributed by atoms with Gasteiger partial charge in [-0.1, -0.05) is 18.2 Å². The van der Waals surface area contributed by atoms with Crippen LogP contribution in [0.1, 0.15) is 0 Å². The number of hydrogen-bond donors (Lipinski definition) is 6. The maximum Gasteiger partial charge on any atom is 0.469 e. The van der Waals surface area contributed by atoms with Crippen molar-refractivity contribution in [2.24, 2.45) is 0 Å². The molecule has 0 rings (SSSR count). The maximum atomic E-state index is 9.81. The van der Waals surface area contributed by atoms with Crippen molar-refractivity contribution in [3.05, 3.63) is 38.0 Å². The summed E-state index contributed by atoms with van der Waals surface area (Å²) in [7, 11) is -12.8. The van der Waals surface area contributed by atoms with Gasteiger partial charge in [0.25, 0.3) is 0 Å². The van der Waals surface area contributed by atoms with Crippen molar-refractivity contribution in [3.63, 3.8) is 0 Å². The first-order valence-corrected chi connectivity index (χ1v) is 10.2. The molecule has 0 unspecified atom stereocenters. The van der Waals surface area contributed by atoms with E-state index in [-0.39, 0.29) is 36.3 Å². The minimum absolute atomic E-state index is 0. The number of rotatable bonds is 9. The molecule has 0 radical (unpaired) electrons. The van der Waals surface area contributed by atoms with Crippen LogP contribution in [0, 0.1) is 0 Å². The Morgan fingerprint density at radius 1 is 0.615 bits per heavy atom. The molecular formula is C9H27O13P3Si. The van der Waals surface area contributed by atoms with Gasteiger partial charge in [-0.15, -0.1) is 19.7 Å². The van der Waals surface area contributed by atoms with Gasteiger partial charge in [-0.05, 0) is 11.0 Å². The minimum Gasteiger partial charge on any atom is -0.412 e. The van der Waals surface area contributed by atoms with E-state index in [0.717, 1.165) is 0 Å². The lowest BCUT2D eigenvalue weighted by Gasteiger charge is -1.98. The van der Waals surface area contributed by atoms with Crippen molar-refractivity contribution in [1.29, 1.82) is 0 Å². The van der Waals surface area contributed by atoms with Gasteiger partial charge >= 0.3 is 23.5 Å². The molecule has 0 atom stereocenters. The first-order chi connectivity index (χ1) is 10.7. The fourth-order valence-electron chi connectivity index (χ4n) is 0.449. The van der Waals surface area contributed by atoms with Crippen molar-refractivity contribution in [3.8, 4) is 0 Å². The lowest BCUT2D eigenvalue weighted by molar-refractivity contribution is 0.214. The zero-order valence-electron chi connectivity index (χ0n) is 12.9. The van der Waals surface area contributed by atoms with Crippen molar-refractivity contribution < 1.29 is 62.1 Å². The Morgan fingerprint density at radius 3 is 0.808 bits per heavy atom. The molecule has 0 spiro atoms. The molecule has 17 heteroatoms. The van der Waals surface area contributed by atoms with Gasteiger partial charge in [0.05, 0.1) is 19.8 Å². The SMILES string of the molecule is C=CCOP(=O)(O)O.C=CCOP(=O)(O)O.C=CCOP(=O)(O)O.O.[SiH4]. The molecule has 0 aromatic carbocycles. The van der Waals surface area contributed by atoms with E-state index < -0.39 is 23.5 Å². The van der Waals surface area contributed by atoms with Gasteiger partial charge in [0.1, 0.15) is 0 Å². The van der Waals surface area contributed by atoms with Gasteiger partial charge in [-0.2, -0.15) is 0 Å². The zero-order chi connectivity index (χ0) is 19.9. The summed E-state index contributed by atoms with van der Waals surface area (Å²) in [6.07, 6.45) is 3.79. The van der Waals surface area contributed by atoms with E-state index in [1.54, 1.807) is 0 Å². The summed E-state index contributed by atoms with van der Waals surface area (Å²) in [6.45, 7) is 9.22. The molecule has 0 aliphatic carbocycles. The van der Waals surface area contributed by atoms with Crippen LogP contribution in [0.4, 0.5) is 0 Å². The number of phosphoric ester groups is 3. The summed E-state index contributed by atoms with van der Waals surface area (Å²) in [5, 5.41) is 0. The summed E-state index contributed by atoms with van der Waals surface area (Å²) >= 11 is 0. The summed E-state index contributed by atoms with van der Waals surface area (Å²) in [5.41, 5.74) is 0. The molecule has 0 aromatic rings. The summed E-state index contributed by atoms with van der Waals surface area (Å²) in [6, 6.07) is 0. The Hall–Kier alpha value is -0.273. The average Bonchev–Trinajstić information content (AvgIpc) is 2.39. The van der Waals surface area contributed by atoms with E-state index in [9.17, 15) is 13.7 Å². The van der Waals surface area contributed by atoms with Crippen LogP contribution in [0.25, 0.3) is 0 Å². The van der Waals surface area contributed by atoms with Crippen LogP contribution in [0.3, 0.4) is 0 Å². The largest absolute Gasteiger partial charge is 0.469 e. The summed E-state index contributed by atoms with van der Waals surface area (Å²) < 4.78 is 41.2. The molecule has 0 heterocycles. The van der Waals surface area contributed by atoms with Crippen molar-refractivity contribution in [1.82, 2.24) is 0 Å². The first-order valence-electron chi connectivity index (χ1n) is 5.61. The molecule has 0 aliphatic heterocycles. The Labute approximate surface area is 155 Å². The van der Waals surface area contributed by atoms with Crippen LogP contribution >= 0.6 is 23.5 Å². The summed E-state index contributed by atoms with van der Waals surface area (Å²) in [5.74, 6) is 0. The highest BCUT2D eigenvalue weighted by molar-refractivity contribution is 7.46. The molecule has 0 aliphatic rings. The second kappa shape index (κ2) is 19.5. The van der Waals surface area contributed by atoms with Crippen LogP contribution in [0.15, 0.2) is 38.0 Å². The molecule has 0 saturated heterocycles. The van der Waals surface area contributed by atoms with Gasteiger partial charge in [0.15, 0.2) is 0 Å². The molecule has 8 N–H and O–H groups in total. The van der Waals surface area contributed by atoms with E-state index >= 15 is 0 Å². The molecule has 26 heavy (non-hydrogen) atoms. The lowest BCUT2D eigenvalue weighted by Crippen LogP contribution is -1.86. The van der Waals surface area contributed by atoms with E-state index in [1.165, 1.54) is 18.2 Å². The molecule has 160 valence electrons. The highest BCUT2D eigenvalue weighted by Crippen LogP contribution is 2.36. The van der Waals surface area contributed by atoms with Gasteiger partial charge in [-0.3, -0.25) is 13.6 Å². The Kier molecular flexibility index (Phi) is 27.4. The highest BCUT2D eigenvalue weighted by atomic mass is 31.2. The van der Waals surface area contributed by atoms with Crippen molar-refractivity contribution in [2.75, 3.05) is 19.8 Å². The van der Waals surface area contributed by atoms with E-state index in [2.05, 4.69) is 33.3 Å². The standard InChI is InChI=1S/3C3H7O4P.H2O.H4Si/c3*1-2-3-7-8(4,5)6;;/h3*2H,1,3H2,(H2,4,5,6);1H2;1H4. The Balaban J connectivity index is -0.0000000817. The average molecular weight is 464 g/mol. The molecule has 13 nitrogen and oxygen atoms in total. The molecule has 0 amide bonds. The van der Waals surface area contributed by atoms with Crippen molar-refractivity contribution in [2.45, 2.75) is 0 Å². The molecule has 0 bridgehead atoms. The summed E-state index contributed by atoms with van der Waals surface area (Å²) in [4.78, 5) is 47.9. The van der Waals surface area contributed by atoms with Gasteiger partial charge in [-0.25, -0.2) is 13.7 Å². The second-order valence-corrected chi connectivity index (χ2v) is 6.94. The van der Waals surface area contributed by atoms with Gasteiger partial charge < -0.3 is 34.8 Å². The van der Waals surface area contributed by atoms with Crippen LogP contribution in [-0.2, 0) is 27.3 Å². The topological polar surface area (TPSA) is 232 Å². The van der Waals surface area contributed by atoms with Crippen LogP contribution in [0.2, 0.25) is 0 Å². The zero-order valence-corrected chi connectivity index (χ0v) is 15.6. The number of hydrogen-bond acceptors (Lipinski definition) is 6. The van der Waals surface area contributed by atoms with Crippen LogP contribution in [0.5, 0.6) is 0 Å². The van der Waals surface area contributed by atoms with Crippen molar-refractivity contribution >= 4 is 34.4 Å². The molecule has 0 fully saturated rings. The molecule has 0 aromatic heterocycles. The third-order valence-corrected chi connectivity index (χ3v) is 2.54. The van der Waals surface area contributed by atoms with E-state index in [1.807, 2.05) is 0 Å². The number of phosphoric acid groups is 3. The second-order valence-electron chi connectivity index (χ2n) is 3.23. The van der Waals surface area contributed by atoms with Crippen LogP contribution in [-0.4, -0.2) is 65.6 Å². The maximum absolute atomic E-state index is 9.81. The predicted molar refractivity (Wildman–Crippen MR) is 99.5 cm³/mol. The third kappa shape index (κ3) is 56.5. The predicted octanol–water partition coefficient (Wildman–Crippen LogP) is -1.43. The highest BCUT2D eigenvalue weighted by Gasteiger charge is 2.11. The molecule has 0 saturated carbocycles. The Morgan fingerprint density at radius 2 is 0.769 bits per heavy atom. The fraction of sp³-hybridized carbons (Fsp3) is 0.333. The monoisotopic (exact) mass is 464 g/mol. The van der Waals surface area contributed by atoms with Crippen LogP contribution < -0.4 is 0 Å². The van der Waals surface area contributed by atoms with Gasteiger partial charge in [0, 0.05) is 0 Å². The van der Waals surface area contributed by atoms with E-state index in [0.29, 0.717) is 0 Å². The normalized spacial score (nSPS) is 10.4. The lowest BCUT2D eigenvalue weighted by atomic mass is 10.7. The van der Waals surface area contributed by atoms with E-state index in [4.69, 9.17) is 29.4 Å². The Bertz CT molecular complexity index is 422. The first kappa shape index (κ1) is 36.6. The fourth-order valence-corrected chi connectivity index (χ4v) is 1.35. The third-order valence-electron chi connectivity index (χ3n) is 1.08. The van der Waals surface area contributed by atoms with Gasteiger partial charge in [0.2, 0.25) is 0 Å². The minimum atomic E-state index is -4.25. The molecular weight excluding hydrogens is 437 g/mol.